The molecule has 0 aromatic rings. The van der Waals surface area contributed by atoms with Crippen molar-refractivity contribution in [1.82, 2.24) is 0 Å². The lowest BCUT2D eigenvalue weighted by Crippen LogP contribution is -2.61. The van der Waals surface area contributed by atoms with Gasteiger partial charge < -0.3 is 10.2 Å². The van der Waals surface area contributed by atoms with E-state index in [2.05, 4.69) is 0 Å². The maximum atomic E-state index is 13.4. The maximum absolute atomic E-state index is 13.4. The molecule has 3 saturated carbocycles. The molecule has 5 heteroatoms. The summed E-state index contributed by atoms with van der Waals surface area (Å²) in [6.45, 7) is 5.05. The number of carbonyl (C=O) groups is 3. The zero-order valence-corrected chi connectivity index (χ0v) is 16.2. The summed E-state index contributed by atoms with van der Waals surface area (Å²) in [7, 11) is 0. The Hall–Kier alpha value is -1.59. The first-order valence-corrected chi connectivity index (χ1v) is 9.93. The van der Waals surface area contributed by atoms with E-state index in [0.717, 1.165) is 18.4 Å². The van der Waals surface area contributed by atoms with Gasteiger partial charge in [-0.1, -0.05) is 32.4 Å². The Balaban J connectivity index is 1.79. The molecule has 2 N–H and O–H groups in total. The molecule has 4 aliphatic carbocycles. The van der Waals surface area contributed by atoms with Crippen LogP contribution >= 0.6 is 0 Å². The van der Waals surface area contributed by atoms with Gasteiger partial charge in [0.05, 0.1) is 0 Å². The summed E-state index contributed by atoms with van der Waals surface area (Å²) in [5.41, 5.74) is -1.94. The van der Waals surface area contributed by atoms with Gasteiger partial charge in [-0.2, -0.15) is 0 Å². The van der Waals surface area contributed by atoms with Crippen LogP contribution in [0.1, 0.15) is 46.5 Å². The number of hydrogen-bond acceptors (Lipinski definition) is 5. The summed E-state index contributed by atoms with van der Waals surface area (Å²) in [5, 5.41) is 20.8. The average molecular weight is 372 g/mol. The molecule has 0 saturated heterocycles. The van der Waals surface area contributed by atoms with Crippen molar-refractivity contribution in [2.45, 2.75) is 52.1 Å². The monoisotopic (exact) mass is 372 g/mol. The van der Waals surface area contributed by atoms with Crippen molar-refractivity contribution in [3.05, 3.63) is 23.8 Å². The van der Waals surface area contributed by atoms with Crippen LogP contribution in [-0.2, 0) is 14.4 Å². The molecule has 3 fully saturated rings. The van der Waals surface area contributed by atoms with Crippen LogP contribution in [0.3, 0.4) is 0 Å². The lowest BCUT2D eigenvalue weighted by atomic mass is 9.46. The lowest BCUT2D eigenvalue weighted by molar-refractivity contribution is -0.173. The minimum absolute atomic E-state index is 0.0218. The SMILES string of the molecule is C[C@H]1C[C@@H]2[C@@H]3CCC4=CC(=O)C=C[C@]4(C)[C@@H]3C(=O)C[C@]2(C)[C@@]1(O)C(=O)CO. The molecule has 27 heavy (non-hydrogen) atoms. The number of allylic oxidation sites excluding steroid dienone is 4. The van der Waals surface area contributed by atoms with Crippen LogP contribution < -0.4 is 0 Å². The zero-order valence-electron chi connectivity index (χ0n) is 16.2. The van der Waals surface area contributed by atoms with Crippen molar-refractivity contribution in [3.63, 3.8) is 0 Å². The number of fused-ring (bicyclic) bond motifs is 5. The van der Waals surface area contributed by atoms with Gasteiger partial charge in [-0.25, -0.2) is 0 Å². The van der Waals surface area contributed by atoms with E-state index in [4.69, 9.17) is 0 Å². The normalized spacial score (nSPS) is 48.6. The minimum Gasteiger partial charge on any atom is -0.388 e. The Morgan fingerprint density at radius 1 is 1.30 bits per heavy atom. The van der Waals surface area contributed by atoms with Gasteiger partial charge in [0.1, 0.15) is 18.0 Å². The van der Waals surface area contributed by atoms with E-state index < -0.39 is 28.8 Å². The summed E-state index contributed by atoms with van der Waals surface area (Å²) in [4.78, 5) is 37.8. The fourth-order valence-electron chi connectivity index (χ4n) is 7.08. The van der Waals surface area contributed by atoms with E-state index in [1.807, 2.05) is 26.8 Å². The molecule has 4 aliphatic rings. The van der Waals surface area contributed by atoms with Crippen LogP contribution in [0.2, 0.25) is 0 Å². The van der Waals surface area contributed by atoms with Gasteiger partial charge in [0, 0.05) is 23.2 Å². The second kappa shape index (κ2) is 5.71. The fraction of sp³-hybridized carbons (Fsp3) is 0.682. The van der Waals surface area contributed by atoms with Crippen molar-refractivity contribution >= 4 is 17.3 Å². The third-order valence-electron chi connectivity index (χ3n) is 8.41. The van der Waals surface area contributed by atoms with Crippen LogP contribution in [0.25, 0.3) is 0 Å². The van der Waals surface area contributed by atoms with Crippen LogP contribution in [0.4, 0.5) is 0 Å². The average Bonchev–Trinajstić information content (AvgIpc) is 2.82. The molecule has 0 heterocycles. The summed E-state index contributed by atoms with van der Waals surface area (Å²) in [6.07, 6.45) is 7.49. The smallest absolute Gasteiger partial charge is 0.190 e. The summed E-state index contributed by atoms with van der Waals surface area (Å²) in [5.74, 6) is -0.947. The van der Waals surface area contributed by atoms with Gasteiger partial charge in [-0.05, 0) is 49.2 Å². The molecule has 4 rings (SSSR count). The molecule has 7 atom stereocenters. The minimum atomic E-state index is -1.66. The zero-order chi connectivity index (χ0) is 19.8. The molecule has 146 valence electrons. The predicted octanol–water partition coefficient (Wildman–Crippen LogP) is 2.01. The van der Waals surface area contributed by atoms with Crippen LogP contribution in [0, 0.1) is 34.5 Å². The van der Waals surface area contributed by atoms with Crippen LogP contribution in [-0.4, -0.2) is 39.8 Å². The number of ketones is 3. The van der Waals surface area contributed by atoms with Crippen molar-refractivity contribution in [1.29, 1.82) is 0 Å². The Morgan fingerprint density at radius 3 is 2.67 bits per heavy atom. The van der Waals surface area contributed by atoms with Gasteiger partial charge in [0.15, 0.2) is 11.6 Å². The van der Waals surface area contributed by atoms with Gasteiger partial charge in [0.25, 0.3) is 0 Å². The summed E-state index contributed by atoms with van der Waals surface area (Å²) in [6, 6.07) is 0. The Bertz CT molecular complexity index is 795. The maximum Gasteiger partial charge on any atom is 0.190 e. The first-order valence-electron chi connectivity index (χ1n) is 9.93. The highest BCUT2D eigenvalue weighted by Gasteiger charge is 2.70. The number of Topliss-reactive ketones (excluding diaryl/α,β-unsaturated/α-hetero) is 2. The van der Waals surface area contributed by atoms with Crippen molar-refractivity contribution in [2.24, 2.45) is 34.5 Å². The second-order valence-electron chi connectivity index (χ2n) is 9.52. The Kier molecular flexibility index (Phi) is 3.97. The van der Waals surface area contributed by atoms with E-state index in [9.17, 15) is 24.6 Å². The van der Waals surface area contributed by atoms with Crippen molar-refractivity contribution in [3.8, 4) is 0 Å². The largest absolute Gasteiger partial charge is 0.388 e. The first kappa shape index (κ1) is 18.8. The Morgan fingerprint density at radius 2 is 2.00 bits per heavy atom. The molecule has 0 aromatic heterocycles. The quantitative estimate of drug-likeness (QED) is 0.774. The topological polar surface area (TPSA) is 91.7 Å². The number of hydrogen-bond donors (Lipinski definition) is 2. The third-order valence-corrected chi connectivity index (χ3v) is 8.41. The van der Waals surface area contributed by atoms with Crippen molar-refractivity contribution < 1.29 is 24.6 Å². The molecule has 0 aromatic carbocycles. The molecule has 0 unspecified atom stereocenters. The summed E-state index contributed by atoms with van der Waals surface area (Å²) < 4.78 is 0. The molecule has 0 amide bonds. The highest BCUT2D eigenvalue weighted by Crippen LogP contribution is 2.67. The molecular weight excluding hydrogens is 344 g/mol. The van der Waals surface area contributed by atoms with E-state index in [0.29, 0.717) is 6.42 Å². The standard InChI is InChI=1S/C22H28O5/c1-12-8-16-15-5-4-13-9-14(24)6-7-20(13,2)19(15)17(25)10-21(16,3)22(12,27)18(26)11-23/h6-7,9,12,15-16,19,23,27H,4-5,8,10-11H2,1-3H3/t12-,15-,16+,19-,20-,21-,22-/m0/s1. The van der Waals surface area contributed by atoms with E-state index >= 15 is 0 Å². The molecule has 5 nitrogen and oxygen atoms in total. The van der Waals surface area contributed by atoms with Gasteiger partial charge >= 0.3 is 0 Å². The molecule has 0 aliphatic heterocycles. The van der Waals surface area contributed by atoms with Crippen LogP contribution in [0.5, 0.6) is 0 Å². The van der Waals surface area contributed by atoms with Crippen LogP contribution in [0.15, 0.2) is 23.8 Å². The summed E-state index contributed by atoms with van der Waals surface area (Å²) >= 11 is 0. The molecule has 0 radical (unpaired) electrons. The lowest BCUT2D eigenvalue weighted by Gasteiger charge is -2.56. The number of carbonyl (C=O) groups excluding carboxylic acids is 3. The predicted molar refractivity (Wildman–Crippen MR) is 98.6 cm³/mol. The molecule has 0 spiro atoms. The third kappa shape index (κ3) is 2.16. The van der Waals surface area contributed by atoms with Gasteiger partial charge in [-0.15, -0.1) is 0 Å². The Labute approximate surface area is 159 Å². The number of aliphatic hydroxyl groups excluding tert-OH is 1. The van der Waals surface area contributed by atoms with E-state index in [1.54, 1.807) is 12.2 Å². The fourth-order valence-corrected chi connectivity index (χ4v) is 7.08. The van der Waals surface area contributed by atoms with E-state index in [-0.39, 0.29) is 41.7 Å². The van der Waals surface area contributed by atoms with Gasteiger partial charge in [-0.3, -0.25) is 14.4 Å². The number of aliphatic hydroxyl groups is 2. The van der Waals surface area contributed by atoms with E-state index in [1.165, 1.54) is 0 Å². The van der Waals surface area contributed by atoms with Gasteiger partial charge in [0.2, 0.25) is 0 Å². The number of rotatable bonds is 2. The molecule has 0 bridgehead atoms. The van der Waals surface area contributed by atoms with Crippen molar-refractivity contribution in [2.75, 3.05) is 6.61 Å². The highest BCUT2D eigenvalue weighted by molar-refractivity contribution is 6.02. The highest BCUT2D eigenvalue weighted by atomic mass is 16.3. The second-order valence-corrected chi connectivity index (χ2v) is 9.52. The molecular formula is C22H28O5. The first-order chi connectivity index (χ1) is 12.6.